The third kappa shape index (κ3) is 3.68. The summed E-state index contributed by atoms with van der Waals surface area (Å²) in [4.78, 5) is 52.0. The van der Waals surface area contributed by atoms with E-state index in [2.05, 4.69) is 19.9 Å². The smallest absolute Gasteiger partial charge is 0.328 e. The van der Waals surface area contributed by atoms with Crippen LogP contribution in [0, 0.1) is 0 Å². The van der Waals surface area contributed by atoms with Crippen LogP contribution in [0.3, 0.4) is 0 Å². The standard InChI is InChI=1S/C18H20N6O3S/c25-14(22-8-10-23(11-9-22)17-19-5-2-6-20-17)3-1-7-24-16(26)15-13(4-12-28-15)21-18(24)27/h2,4-6,12H,1,3,7-11H2,(H,21,27). The van der Waals surface area contributed by atoms with Gasteiger partial charge in [0.1, 0.15) is 4.70 Å². The second-order valence-electron chi connectivity index (χ2n) is 6.57. The third-order valence-electron chi connectivity index (χ3n) is 4.83. The Labute approximate surface area is 164 Å². The lowest BCUT2D eigenvalue weighted by molar-refractivity contribution is -0.131. The van der Waals surface area contributed by atoms with Gasteiger partial charge in [0, 0.05) is 51.5 Å². The zero-order valence-electron chi connectivity index (χ0n) is 15.2. The molecule has 146 valence electrons. The predicted molar refractivity (Wildman–Crippen MR) is 107 cm³/mol. The summed E-state index contributed by atoms with van der Waals surface area (Å²) < 4.78 is 1.71. The number of anilines is 1. The molecule has 0 unspecified atom stereocenters. The fourth-order valence-electron chi connectivity index (χ4n) is 3.33. The third-order valence-corrected chi connectivity index (χ3v) is 5.73. The minimum Gasteiger partial charge on any atom is -0.339 e. The Balaban J connectivity index is 1.31. The van der Waals surface area contributed by atoms with Gasteiger partial charge in [0.15, 0.2) is 0 Å². The number of nitrogens with one attached hydrogen (secondary N) is 1. The van der Waals surface area contributed by atoms with Crippen molar-refractivity contribution in [2.24, 2.45) is 0 Å². The molecule has 3 aromatic heterocycles. The van der Waals surface area contributed by atoms with E-state index >= 15 is 0 Å². The fourth-order valence-corrected chi connectivity index (χ4v) is 4.13. The molecule has 28 heavy (non-hydrogen) atoms. The van der Waals surface area contributed by atoms with Crippen molar-refractivity contribution in [1.82, 2.24) is 24.4 Å². The Hall–Kier alpha value is -3.01. The maximum absolute atomic E-state index is 12.5. The number of rotatable bonds is 5. The number of hydrogen-bond donors (Lipinski definition) is 1. The van der Waals surface area contributed by atoms with Gasteiger partial charge >= 0.3 is 5.69 Å². The number of nitrogens with zero attached hydrogens (tertiary/aromatic N) is 5. The summed E-state index contributed by atoms with van der Waals surface area (Å²) in [5.74, 6) is 0.715. The molecule has 0 aromatic carbocycles. The monoisotopic (exact) mass is 400 g/mol. The zero-order chi connectivity index (χ0) is 19.5. The molecule has 4 heterocycles. The van der Waals surface area contributed by atoms with E-state index in [4.69, 9.17) is 0 Å². The zero-order valence-corrected chi connectivity index (χ0v) is 16.0. The van der Waals surface area contributed by atoms with Gasteiger partial charge in [-0.1, -0.05) is 0 Å². The topological polar surface area (TPSA) is 104 Å². The molecule has 0 bridgehead atoms. The van der Waals surface area contributed by atoms with Crippen molar-refractivity contribution in [2.45, 2.75) is 19.4 Å². The lowest BCUT2D eigenvalue weighted by atomic mass is 10.2. The van der Waals surface area contributed by atoms with E-state index in [-0.39, 0.29) is 18.0 Å². The lowest BCUT2D eigenvalue weighted by Gasteiger charge is -2.34. The highest BCUT2D eigenvalue weighted by atomic mass is 32.1. The number of carbonyl (C=O) groups is 1. The molecule has 0 radical (unpaired) electrons. The van der Waals surface area contributed by atoms with Gasteiger partial charge in [0.25, 0.3) is 5.56 Å². The molecule has 0 aliphatic carbocycles. The van der Waals surface area contributed by atoms with Crippen molar-refractivity contribution < 1.29 is 4.79 Å². The molecule has 0 spiro atoms. The lowest BCUT2D eigenvalue weighted by Crippen LogP contribution is -2.49. The quantitative estimate of drug-likeness (QED) is 0.675. The minimum atomic E-state index is -0.431. The van der Waals surface area contributed by atoms with E-state index in [1.165, 1.54) is 15.9 Å². The summed E-state index contributed by atoms with van der Waals surface area (Å²) in [6.07, 6.45) is 4.16. The van der Waals surface area contributed by atoms with E-state index < -0.39 is 5.69 Å². The Morgan fingerprint density at radius 1 is 1.14 bits per heavy atom. The number of thiophene rings is 1. The van der Waals surface area contributed by atoms with E-state index in [1.807, 2.05) is 4.90 Å². The number of piperazine rings is 1. The Morgan fingerprint density at radius 3 is 2.64 bits per heavy atom. The van der Waals surface area contributed by atoms with Gasteiger partial charge in [-0.15, -0.1) is 11.3 Å². The van der Waals surface area contributed by atoms with Gasteiger partial charge in [-0.25, -0.2) is 14.8 Å². The van der Waals surface area contributed by atoms with Crippen molar-refractivity contribution in [3.05, 3.63) is 50.7 Å². The van der Waals surface area contributed by atoms with Crippen LogP contribution >= 0.6 is 11.3 Å². The summed E-state index contributed by atoms with van der Waals surface area (Å²) in [5.41, 5.74) is -0.162. The Morgan fingerprint density at radius 2 is 1.89 bits per heavy atom. The number of hydrogen-bond acceptors (Lipinski definition) is 7. The van der Waals surface area contributed by atoms with Gasteiger partial charge in [0.05, 0.1) is 5.52 Å². The van der Waals surface area contributed by atoms with Gasteiger partial charge in [0.2, 0.25) is 11.9 Å². The van der Waals surface area contributed by atoms with Gasteiger partial charge in [-0.2, -0.15) is 0 Å². The maximum Gasteiger partial charge on any atom is 0.328 e. The van der Waals surface area contributed by atoms with Gasteiger partial charge in [-0.05, 0) is 23.9 Å². The predicted octanol–water partition coefficient (Wildman–Crippen LogP) is 0.670. The molecular weight excluding hydrogens is 380 g/mol. The highest BCUT2D eigenvalue weighted by molar-refractivity contribution is 7.17. The highest BCUT2D eigenvalue weighted by Gasteiger charge is 2.22. The van der Waals surface area contributed by atoms with Crippen LogP contribution in [0.5, 0.6) is 0 Å². The second kappa shape index (κ2) is 7.93. The van der Waals surface area contributed by atoms with E-state index in [0.717, 1.165) is 0 Å². The number of amides is 1. The molecule has 1 amide bonds. The molecule has 1 saturated heterocycles. The number of H-pyrrole nitrogens is 1. The average molecular weight is 400 g/mol. The van der Waals surface area contributed by atoms with Crippen LogP contribution in [-0.4, -0.2) is 56.5 Å². The number of aromatic amines is 1. The molecule has 9 nitrogen and oxygen atoms in total. The highest BCUT2D eigenvalue weighted by Crippen LogP contribution is 2.13. The number of aromatic nitrogens is 4. The van der Waals surface area contributed by atoms with Crippen molar-refractivity contribution in [3.63, 3.8) is 0 Å². The normalized spacial score (nSPS) is 14.6. The fraction of sp³-hybridized carbons (Fsp3) is 0.389. The summed E-state index contributed by atoms with van der Waals surface area (Å²) in [6, 6.07) is 3.49. The first-order chi connectivity index (χ1) is 13.6. The van der Waals surface area contributed by atoms with Crippen molar-refractivity contribution in [2.75, 3.05) is 31.1 Å². The van der Waals surface area contributed by atoms with E-state index in [9.17, 15) is 14.4 Å². The van der Waals surface area contributed by atoms with Crippen LogP contribution in [0.25, 0.3) is 10.2 Å². The summed E-state index contributed by atoms with van der Waals surface area (Å²) in [5, 5.41) is 1.77. The molecule has 1 aliphatic rings. The van der Waals surface area contributed by atoms with Gasteiger partial charge in [-0.3, -0.25) is 14.2 Å². The second-order valence-corrected chi connectivity index (χ2v) is 7.49. The minimum absolute atomic E-state index is 0.0373. The Kier molecular flexibility index (Phi) is 5.20. The van der Waals surface area contributed by atoms with Gasteiger partial charge < -0.3 is 14.8 Å². The molecule has 0 atom stereocenters. The first-order valence-corrected chi connectivity index (χ1v) is 10.0. The average Bonchev–Trinajstić information content (AvgIpc) is 3.19. The van der Waals surface area contributed by atoms with Crippen LogP contribution < -0.4 is 16.1 Å². The van der Waals surface area contributed by atoms with E-state index in [1.54, 1.807) is 29.9 Å². The summed E-state index contributed by atoms with van der Waals surface area (Å²) in [7, 11) is 0. The van der Waals surface area contributed by atoms with Crippen LogP contribution in [0.2, 0.25) is 0 Å². The molecular formula is C18H20N6O3S. The molecule has 3 aromatic rings. The van der Waals surface area contributed by atoms with Crippen molar-refractivity contribution >= 4 is 33.4 Å². The molecule has 1 N–H and O–H groups in total. The molecule has 10 heteroatoms. The SMILES string of the molecule is O=C(CCCn1c(=O)[nH]c2ccsc2c1=O)N1CCN(c2ncccn2)CC1. The molecule has 4 rings (SSSR count). The molecule has 0 saturated carbocycles. The molecule has 1 aliphatic heterocycles. The van der Waals surface area contributed by atoms with Crippen LogP contribution in [-0.2, 0) is 11.3 Å². The number of carbonyl (C=O) groups excluding carboxylic acids is 1. The maximum atomic E-state index is 12.5. The van der Waals surface area contributed by atoms with Crippen molar-refractivity contribution in [3.8, 4) is 0 Å². The first-order valence-electron chi connectivity index (χ1n) is 9.13. The van der Waals surface area contributed by atoms with E-state index in [0.29, 0.717) is 55.2 Å². The largest absolute Gasteiger partial charge is 0.339 e. The summed E-state index contributed by atoms with van der Waals surface area (Å²) in [6.45, 7) is 2.82. The first kappa shape index (κ1) is 18.4. The number of fused-ring (bicyclic) bond motifs is 1. The molecule has 1 fully saturated rings. The van der Waals surface area contributed by atoms with Crippen molar-refractivity contribution in [1.29, 1.82) is 0 Å². The summed E-state index contributed by atoms with van der Waals surface area (Å²) >= 11 is 1.30. The van der Waals surface area contributed by atoms with Crippen LogP contribution in [0.1, 0.15) is 12.8 Å². The van der Waals surface area contributed by atoms with Crippen LogP contribution in [0.15, 0.2) is 39.5 Å². The Bertz CT molecular complexity index is 1080. The van der Waals surface area contributed by atoms with Crippen LogP contribution in [0.4, 0.5) is 5.95 Å².